The summed E-state index contributed by atoms with van der Waals surface area (Å²) >= 11 is 0. The van der Waals surface area contributed by atoms with E-state index in [1.165, 1.54) is 21.1 Å². The fraction of sp³-hybridized carbons (Fsp3) is 0.300. The Labute approximate surface area is 110 Å². The maximum absolute atomic E-state index is 12.1. The lowest BCUT2D eigenvalue weighted by Crippen LogP contribution is -2.40. The number of aromatic nitrogens is 3. The van der Waals surface area contributed by atoms with Gasteiger partial charge in [-0.15, -0.1) is 0 Å². The van der Waals surface area contributed by atoms with Crippen molar-refractivity contribution in [2.75, 3.05) is 5.73 Å². The lowest BCUT2D eigenvalue weighted by atomic mass is 10.2. The molecule has 0 aromatic carbocycles. The van der Waals surface area contributed by atoms with Crippen LogP contribution in [-0.4, -0.2) is 18.6 Å². The van der Waals surface area contributed by atoms with E-state index in [0.717, 1.165) is 13.7 Å². The van der Waals surface area contributed by atoms with Crippen molar-refractivity contribution >= 4 is 22.4 Å². The number of nitrogens with zero attached hydrogens (tertiary/aromatic N) is 4. The predicted molar refractivity (Wildman–Crippen MR) is 70.7 cm³/mol. The molecule has 0 saturated carbocycles. The number of hydrogen-bond acceptors (Lipinski definition) is 6. The first-order valence-corrected chi connectivity index (χ1v) is 5.42. The molecule has 0 fully saturated rings. The van der Waals surface area contributed by atoms with Crippen LogP contribution in [-0.2, 0) is 21.1 Å². The van der Waals surface area contributed by atoms with Gasteiger partial charge in [0.2, 0.25) is 0 Å². The van der Waals surface area contributed by atoms with Gasteiger partial charge in [0.05, 0.1) is 4.92 Å². The molecule has 0 aliphatic carbocycles. The SMILES string of the molecule is Cn1c(=O)c2c(N)c([N+](=O)[O-])c(=O)n(C)c2n(C)c1=O. The van der Waals surface area contributed by atoms with E-state index in [9.17, 15) is 24.5 Å². The summed E-state index contributed by atoms with van der Waals surface area (Å²) in [6.07, 6.45) is 0. The van der Waals surface area contributed by atoms with Gasteiger partial charge in [-0.3, -0.25) is 33.4 Å². The summed E-state index contributed by atoms with van der Waals surface area (Å²) in [5, 5.41) is 10.7. The molecule has 2 aromatic rings. The van der Waals surface area contributed by atoms with Crippen molar-refractivity contribution in [3.8, 4) is 0 Å². The number of nitrogen functional groups attached to an aromatic ring is 1. The predicted octanol–water partition coefficient (Wildman–Crippen LogP) is -1.57. The molecule has 10 heteroatoms. The van der Waals surface area contributed by atoms with Crippen molar-refractivity contribution < 1.29 is 4.92 Å². The van der Waals surface area contributed by atoms with Gasteiger partial charge in [-0.1, -0.05) is 0 Å². The van der Waals surface area contributed by atoms with E-state index in [-0.39, 0.29) is 11.0 Å². The number of pyridine rings is 1. The van der Waals surface area contributed by atoms with Crippen LogP contribution in [0.2, 0.25) is 0 Å². The van der Waals surface area contributed by atoms with Crippen molar-refractivity contribution in [2.45, 2.75) is 0 Å². The van der Waals surface area contributed by atoms with Crippen molar-refractivity contribution in [2.24, 2.45) is 21.1 Å². The van der Waals surface area contributed by atoms with E-state index in [1.54, 1.807) is 0 Å². The molecular formula is C10H11N5O5. The first-order chi connectivity index (χ1) is 9.20. The summed E-state index contributed by atoms with van der Waals surface area (Å²) in [6.45, 7) is 0. The zero-order valence-corrected chi connectivity index (χ0v) is 10.9. The topological polar surface area (TPSA) is 135 Å². The molecule has 106 valence electrons. The van der Waals surface area contributed by atoms with Crippen LogP contribution in [0.5, 0.6) is 0 Å². The van der Waals surface area contributed by atoms with Gasteiger partial charge >= 0.3 is 16.9 Å². The van der Waals surface area contributed by atoms with Gasteiger partial charge in [-0.25, -0.2) is 4.79 Å². The molecule has 0 bridgehead atoms. The molecule has 0 atom stereocenters. The zero-order chi connectivity index (χ0) is 15.4. The summed E-state index contributed by atoms with van der Waals surface area (Å²) in [6, 6.07) is 0. The number of anilines is 1. The third kappa shape index (κ3) is 1.47. The Bertz CT molecular complexity index is 932. The Morgan fingerprint density at radius 3 is 2.05 bits per heavy atom. The molecule has 10 nitrogen and oxygen atoms in total. The molecule has 0 amide bonds. The molecule has 0 radical (unpaired) electrons. The number of aryl methyl sites for hydroxylation is 2. The zero-order valence-electron chi connectivity index (χ0n) is 10.9. The normalized spacial score (nSPS) is 10.9. The number of fused-ring (bicyclic) bond motifs is 1. The second-order valence-corrected chi connectivity index (χ2v) is 4.29. The molecule has 2 rings (SSSR count). The Balaban J connectivity index is 3.36. The van der Waals surface area contributed by atoms with Crippen LogP contribution in [0.15, 0.2) is 14.4 Å². The van der Waals surface area contributed by atoms with E-state index < -0.39 is 33.1 Å². The van der Waals surface area contributed by atoms with Crippen molar-refractivity contribution in [3.63, 3.8) is 0 Å². The minimum Gasteiger partial charge on any atom is -0.392 e. The largest absolute Gasteiger partial charge is 0.392 e. The molecule has 0 spiro atoms. The van der Waals surface area contributed by atoms with Crippen LogP contribution in [0.3, 0.4) is 0 Å². The highest BCUT2D eigenvalue weighted by Crippen LogP contribution is 2.22. The fourth-order valence-electron chi connectivity index (χ4n) is 2.13. The van der Waals surface area contributed by atoms with Gasteiger partial charge in [0.1, 0.15) is 16.7 Å². The van der Waals surface area contributed by atoms with E-state index in [0.29, 0.717) is 0 Å². The third-order valence-electron chi connectivity index (χ3n) is 3.17. The maximum atomic E-state index is 12.1. The average molecular weight is 281 g/mol. The third-order valence-corrected chi connectivity index (χ3v) is 3.17. The van der Waals surface area contributed by atoms with Gasteiger partial charge in [-0.2, -0.15) is 0 Å². The molecule has 0 unspecified atom stereocenters. The van der Waals surface area contributed by atoms with Gasteiger partial charge < -0.3 is 5.73 Å². The van der Waals surface area contributed by atoms with Crippen molar-refractivity contribution in [3.05, 3.63) is 41.3 Å². The number of hydrogen-bond donors (Lipinski definition) is 1. The summed E-state index contributed by atoms with van der Waals surface area (Å²) in [4.78, 5) is 45.8. The summed E-state index contributed by atoms with van der Waals surface area (Å²) in [7, 11) is 3.80. The molecule has 2 N–H and O–H groups in total. The minimum atomic E-state index is -0.983. The number of nitrogens with two attached hydrogens (primary N) is 1. The highest BCUT2D eigenvalue weighted by atomic mass is 16.6. The van der Waals surface area contributed by atoms with Crippen LogP contribution in [0.4, 0.5) is 11.4 Å². The lowest BCUT2D eigenvalue weighted by Gasteiger charge is -2.12. The molecule has 0 aliphatic heterocycles. The second kappa shape index (κ2) is 4.05. The summed E-state index contributed by atoms with van der Waals surface area (Å²) in [5.74, 6) is 0. The van der Waals surface area contributed by atoms with E-state index >= 15 is 0 Å². The summed E-state index contributed by atoms with van der Waals surface area (Å²) < 4.78 is 2.68. The van der Waals surface area contributed by atoms with E-state index in [1.807, 2.05) is 0 Å². The van der Waals surface area contributed by atoms with Crippen LogP contribution in [0, 0.1) is 10.1 Å². The molecular weight excluding hydrogens is 270 g/mol. The van der Waals surface area contributed by atoms with Crippen LogP contribution in [0.1, 0.15) is 0 Å². The molecule has 2 heterocycles. The standard InChI is InChI=1S/C10H11N5O5/c1-12-7-4(5(11)6(9(12)17)15(19)20)8(16)14(3)10(18)13(7)2/h11H2,1-3H3. The smallest absolute Gasteiger partial charge is 0.357 e. The van der Waals surface area contributed by atoms with Gasteiger partial charge in [0, 0.05) is 21.1 Å². The molecule has 0 saturated heterocycles. The van der Waals surface area contributed by atoms with E-state index in [2.05, 4.69) is 0 Å². The van der Waals surface area contributed by atoms with E-state index in [4.69, 9.17) is 5.73 Å². The molecule has 20 heavy (non-hydrogen) atoms. The second-order valence-electron chi connectivity index (χ2n) is 4.29. The molecule has 2 aromatic heterocycles. The van der Waals surface area contributed by atoms with Crippen LogP contribution in [0.25, 0.3) is 11.0 Å². The fourth-order valence-corrected chi connectivity index (χ4v) is 2.13. The number of rotatable bonds is 1. The van der Waals surface area contributed by atoms with Crippen LogP contribution >= 0.6 is 0 Å². The quantitative estimate of drug-likeness (QED) is 0.495. The van der Waals surface area contributed by atoms with Crippen molar-refractivity contribution in [1.29, 1.82) is 0 Å². The maximum Gasteiger partial charge on any atom is 0.357 e. The average Bonchev–Trinajstić information content (AvgIpc) is 2.37. The Morgan fingerprint density at radius 1 is 1.00 bits per heavy atom. The summed E-state index contributed by atoms with van der Waals surface area (Å²) in [5.41, 5.74) is 1.68. The van der Waals surface area contributed by atoms with Gasteiger partial charge in [0.15, 0.2) is 0 Å². The Morgan fingerprint density at radius 2 is 1.55 bits per heavy atom. The Kier molecular flexibility index (Phi) is 2.74. The number of nitro groups is 1. The minimum absolute atomic E-state index is 0.0637. The van der Waals surface area contributed by atoms with Crippen LogP contribution < -0.4 is 22.5 Å². The lowest BCUT2D eigenvalue weighted by molar-refractivity contribution is -0.385. The highest BCUT2D eigenvalue weighted by molar-refractivity contribution is 5.92. The first-order valence-electron chi connectivity index (χ1n) is 5.42. The first kappa shape index (κ1) is 13.5. The van der Waals surface area contributed by atoms with Gasteiger partial charge in [-0.05, 0) is 0 Å². The Hall–Kier alpha value is -2.91. The molecule has 0 aliphatic rings. The highest BCUT2D eigenvalue weighted by Gasteiger charge is 2.26. The van der Waals surface area contributed by atoms with Gasteiger partial charge in [0.25, 0.3) is 5.56 Å². The monoisotopic (exact) mass is 281 g/mol. The van der Waals surface area contributed by atoms with Crippen molar-refractivity contribution in [1.82, 2.24) is 13.7 Å².